The molecule has 0 saturated carbocycles. The molecular weight excluding hydrogens is 252 g/mol. The van der Waals surface area contributed by atoms with Gasteiger partial charge in [-0.3, -0.25) is 4.79 Å². The summed E-state index contributed by atoms with van der Waals surface area (Å²) in [6.07, 6.45) is 2.93. The molecule has 0 aliphatic rings. The summed E-state index contributed by atoms with van der Waals surface area (Å²) in [6, 6.07) is -0.127. The van der Waals surface area contributed by atoms with E-state index in [2.05, 4.69) is 15.5 Å². The molecule has 4 N–H and O–H groups in total. The highest BCUT2D eigenvalue weighted by Crippen LogP contribution is 2.19. The molecule has 0 aliphatic carbocycles. The van der Waals surface area contributed by atoms with Gasteiger partial charge in [-0.2, -0.15) is 0 Å². The van der Waals surface area contributed by atoms with Crippen molar-refractivity contribution in [2.75, 3.05) is 0 Å². The molecule has 2 atom stereocenters. The van der Waals surface area contributed by atoms with Crippen molar-refractivity contribution in [1.29, 1.82) is 0 Å². The Labute approximate surface area is 110 Å². The summed E-state index contributed by atoms with van der Waals surface area (Å²) in [5.41, 5.74) is 5.49. The lowest BCUT2D eigenvalue weighted by atomic mass is 10.0. The molecule has 0 aromatic carbocycles. The number of carbonyl (C=O) groups is 1. The fourth-order valence-corrected chi connectivity index (χ4v) is 2.39. The number of hydrogen-bond donors (Lipinski definition) is 3. The van der Waals surface area contributed by atoms with Crippen LogP contribution in [0.15, 0.2) is 16.7 Å². The van der Waals surface area contributed by atoms with Crippen molar-refractivity contribution < 1.29 is 10.0 Å². The Morgan fingerprint density at radius 2 is 2.33 bits per heavy atom. The number of hydrogen-bond acceptors (Lipinski definition) is 5. The third-order valence-corrected chi connectivity index (χ3v) is 3.56. The SMILES string of the molecule is CCC(C(=O)NC(CC)c1nccs1)C(N)=NO. The first-order chi connectivity index (χ1) is 8.63. The molecule has 1 aromatic heterocycles. The van der Waals surface area contributed by atoms with Gasteiger partial charge >= 0.3 is 0 Å². The molecule has 0 bridgehead atoms. The number of thiazole rings is 1. The molecule has 18 heavy (non-hydrogen) atoms. The summed E-state index contributed by atoms with van der Waals surface area (Å²) in [6.45, 7) is 3.78. The van der Waals surface area contributed by atoms with Crippen LogP contribution in [0.1, 0.15) is 37.7 Å². The first kappa shape index (κ1) is 14.4. The summed E-state index contributed by atoms with van der Waals surface area (Å²) in [5.74, 6) is -0.914. The summed E-state index contributed by atoms with van der Waals surface area (Å²) >= 11 is 1.49. The lowest BCUT2D eigenvalue weighted by molar-refractivity contribution is -0.124. The van der Waals surface area contributed by atoms with Gasteiger partial charge in [0.25, 0.3) is 0 Å². The lowest BCUT2D eigenvalue weighted by Gasteiger charge is -2.18. The van der Waals surface area contributed by atoms with Crippen LogP contribution in [-0.2, 0) is 4.79 Å². The van der Waals surface area contributed by atoms with Gasteiger partial charge < -0.3 is 16.3 Å². The van der Waals surface area contributed by atoms with Crippen molar-refractivity contribution in [2.45, 2.75) is 32.7 Å². The number of amidine groups is 1. The molecule has 100 valence electrons. The van der Waals surface area contributed by atoms with Crippen molar-refractivity contribution in [3.05, 3.63) is 16.6 Å². The van der Waals surface area contributed by atoms with Gasteiger partial charge in [0.05, 0.1) is 12.0 Å². The predicted octanol–water partition coefficient (Wildman–Crippen LogP) is 1.48. The van der Waals surface area contributed by atoms with E-state index in [0.717, 1.165) is 11.4 Å². The van der Waals surface area contributed by atoms with Crippen molar-refractivity contribution in [3.63, 3.8) is 0 Å². The second-order valence-electron chi connectivity index (χ2n) is 3.83. The van der Waals surface area contributed by atoms with Crippen LogP contribution in [0, 0.1) is 5.92 Å². The number of nitrogens with two attached hydrogens (primary N) is 1. The second-order valence-corrected chi connectivity index (χ2v) is 4.75. The van der Waals surface area contributed by atoms with Gasteiger partial charge in [0.2, 0.25) is 5.91 Å². The van der Waals surface area contributed by atoms with Gasteiger partial charge in [0.1, 0.15) is 5.01 Å². The van der Waals surface area contributed by atoms with E-state index in [9.17, 15) is 4.79 Å². The number of aromatic nitrogens is 1. The molecule has 7 heteroatoms. The third-order valence-electron chi connectivity index (χ3n) is 2.67. The van der Waals surface area contributed by atoms with Crippen LogP contribution in [0.5, 0.6) is 0 Å². The van der Waals surface area contributed by atoms with E-state index >= 15 is 0 Å². The van der Waals surface area contributed by atoms with Crippen LogP contribution >= 0.6 is 11.3 Å². The molecule has 1 aromatic rings. The minimum atomic E-state index is -0.607. The van der Waals surface area contributed by atoms with E-state index in [1.165, 1.54) is 11.3 Å². The molecular formula is C11H18N4O2S. The fraction of sp³-hybridized carbons (Fsp3) is 0.545. The number of nitrogens with zero attached hydrogens (tertiary/aromatic N) is 2. The predicted molar refractivity (Wildman–Crippen MR) is 70.5 cm³/mol. The molecule has 0 saturated heterocycles. The molecule has 6 nitrogen and oxygen atoms in total. The standard InChI is InChI=1S/C11H18N4O2S/c1-3-7(9(12)15-17)10(16)14-8(4-2)11-13-5-6-18-11/h5-8,17H,3-4H2,1-2H3,(H2,12,15)(H,14,16). The Hall–Kier alpha value is -1.63. The molecule has 0 spiro atoms. The summed E-state index contributed by atoms with van der Waals surface area (Å²) in [4.78, 5) is 16.2. The van der Waals surface area contributed by atoms with E-state index in [0.29, 0.717) is 6.42 Å². The van der Waals surface area contributed by atoms with Gasteiger partial charge in [0.15, 0.2) is 5.84 Å². The highest BCUT2D eigenvalue weighted by Gasteiger charge is 2.24. The van der Waals surface area contributed by atoms with Gasteiger partial charge in [-0.25, -0.2) is 4.98 Å². The van der Waals surface area contributed by atoms with E-state index < -0.39 is 5.92 Å². The van der Waals surface area contributed by atoms with Crippen LogP contribution < -0.4 is 11.1 Å². The zero-order valence-electron chi connectivity index (χ0n) is 10.5. The summed E-state index contributed by atoms with van der Waals surface area (Å²) in [5, 5.41) is 17.1. The van der Waals surface area contributed by atoms with Gasteiger partial charge in [-0.15, -0.1) is 11.3 Å². The smallest absolute Gasteiger partial charge is 0.231 e. The Morgan fingerprint density at radius 3 is 2.78 bits per heavy atom. The van der Waals surface area contributed by atoms with Crippen molar-refractivity contribution in [1.82, 2.24) is 10.3 Å². The Kier molecular flexibility index (Phi) is 5.57. The summed E-state index contributed by atoms with van der Waals surface area (Å²) in [7, 11) is 0. The molecule has 0 radical (unpaired) electrons. The number of carbonyl (C=O) groups excluding carboxylic acids is 1. The number of amides is 1. The van der Waals surface area contributed by atoms with Crippen molar-refractivity contribution in [3.8, 4) is 0 Å². The average molecular weight is 270 g/mol. The highest BCUT2D eigenvalue weighted by atomic mass is 32.1. The van der Waals surface area contributed by atoms with Gasteiger partial charge in [-0.1, -0.05) is 19.0 Å². The van der Waals surface area contributed by atoms with Gasteiger partial charge in [-0.05, 0) is 12.8 Å². The van der Waals surface area contributed by atoms with Crippen molar-refractivity contribution in [2.24, 2.45) is 16.8 Å². The Morgan fingerprint density at radius 1 is 1.61 bits per heavy atom. The Bertz CT molecular complexity index is 405. The zero-order valence-corrected chi connectivity index (χ0v) is 11.3. The minimum absolute atomic E-state index is 0.0657. The second kappa shape index (κ2) is 6.95. The molecule has 0 fully saturated rings. The molecule has 0 aliphatic heterocycles. The third kappa shape index (κ3) is 3.43. The quantitative estimate of drug-likeness (QED) is 0.315. The van der Waals surface area contributed by atoms with E-state index in [-0.39, 0.29) is 17.8 Å². The van der Waals surface area contributed by atoms with Crippen LogP contribution in [-0.4, -0.2) is 21.9 Å². The largest absolute Gasteiger partial charge is 0.409 e. The Balaban J connectivity index is 2.73. The van der Waals surface area contributed by atoms with Crippen molar-refractivity contribution >= 4 is 23.1 Å². The zero-order chi connectivity index (χ0) is 13.5. The summed E-state index contributed by atoms with van der Waals surface area (Å²) < 4.78 is 0. The van der Waals surface area contributed by atoms with E-state index in [1.807, 2.05) is 19.2 Å². The molecule has 1 rings (SSSR count). The van der Waals surface area contributed by atoms with Gasteiger partial charge in [0, 0.05) is 11.6 Å². The van der Waals surface area contributed by atoms with E-state index in [1.54, 1.807) is 6.20 Å². The van der Waals surface area contributed by atoms with Crippen LogP contribution in [0.3, 0.4) is 0 Å². The maximum absolute atomic E-state index is 12.0. The maximum Gasteiger partial charge on any atom is 0.231 e. The normalized spacial score (nSPS) is 15.1. The van der Waals surface area contributed by atoms with E-state index in [4.69, 9.17) is 10.9 Å². The lowest BCUT2D eigenvalue weighted by Crippen LogP contribution is -2.40. The number of rotatable bonds is 6. The molecule has 1 amide bonds. The maximum atomic E-state index is 12.0. The monoisotopic (exact) mass is 270 g/mol. The van der Waals surface area contributed by atoms with Crippen LogP contribution in [0.4, 0.5) is 0 Å². The topological polar surface area (TPSA) is 101 Å². The fourth-order valence-electron chi connectivity index (χ4n) is 1.62. The molecule has 2 unspecified atom stereocenters. The van der Waals surface area contributed by atoms with Crippen LogP contribution in [0.2, 0.25) is 0 Å². The van der Waals surface area contributed by atoms with Crippen LogP contribution in [0.25, 0.3) is 0 Å². The first-order valence-corrected chi connectivity index (χ1v) is 6.69. The first-order valence-electron chi connectivity index (χ1n) is 5.81. The average Bonchev–Trinajstić information content (AvgIpc) is 2.90. The number of nitrogens with one attached hydrogen (secondary N) is 1. The number of oxime groups is 1. The minimum Gasteiger partial charge on any atom is -0.409 e. The molecule has 1 heterocycles. The highest BCUT2D eigenvalue weighted by molar-refractivity contribution is 7.09.